The Morgan fingerprint density at radius 3 is 2.90 bits per heavy atom. The van der Waals surface area contributed by atoms with Crippen molar-refractivity contribution in [3.63, 3.8) is 0 Å². The van der Waals surface area contributed by atoms with E-state index in [9.17, 15) is 23.2 Å². The molecule has 0 aromatic carbocycles. The number of rotatable bonds is 7. The molecule has 39 heavy (non-hydrogen) atoms. The monoisotopic (exact) mass is 544 g/mol. The van der Waals surface area contributed by atoms with Crippen LogP contribution in [0.1, 0.15) is 32.0 Å². The molecule has 2 aliphatic rings. The molecule has 3 aromatic heterocycles. The number of aromatic nitrogens is 4. The van der Waals surface area contributed by atoms with Crippen molar-refractivity contribution in [3.05, 3.63) is 35.9 Å². The Balaban J connectivity index is 1.23. The maximum absolute atomic E-state index is 14.0. The van der Waals surface area contributed by atoms with Gasteiger partial charge in [0.25, 0.3) is 0 Å². The smallest absolute Gasteiger partial charge is 0.421 e. The third-order valence-electron chi connectivity index (χ3n) is 7.04. The van der Waals surface area contributed by atoms with Crippen molar-refractivity contribution in [2.24, 2.45) is 7.05 Å². The molecule has 2 fully saturated rings. The Kier molecular flexibility index (Phi) is 7.05. The van der Waals surface area contributed by atoms with Gasteiger partial charge in [-0.25, -0.2) is 15.0 Å². The normalized spacial score (nSPS) is 20.4. The van der Waals surface area contributed by atoms with E-state index >= 15 is 0 Å². The van der Waals surface area contributed by atoms with Crippen LogP contribution in [-0.2, 0) is 22.8 Å². The highest BCUT2D eigenvalue weighted by Gasteiger charge is 2.37. The van der Waals surface area contributed by atoms with E-state index in [1.807, 2.05) is 11.0 Å². The lowest BCUT2D eigenvalue weighted by Crippen LogP contribution is -2.43. The lowest BCUT2D eigenvalue weighted by atomic mass is 10.1. The van der Waals surface area contributed by atoms with Crippen LogP contribution in [-0.4, -0.2) is 87.2 Å². The number of aryl methyl sites for hydroxylation is 1. The van der Waals surface area contributed by atoms with Crippen molar-refractivity contribution in [2.75, 3.05) is 39.9 Å². The summed E-state index contributed by atoms with van der Waals surface area (Å²) >= 11 is 0. The molecule has 5 rings (SSSR count). The first-order chi connectivity index (χ1) is 19.2. The number of likely N-dealkylation sites (N-methyl/N-ethyl adjacent to an activating group) is 1. The van der Waals surface area contributed by atoms with Gasteiger partial charge >= 0.3 is 6.18 Å². The number of pyridine rings is 1. The SMILES string of the molecule is [2H]CN1CCC[C@H]1C(=O)N1CC[C@@H](OCCOc2ncc(-c3nc(C#N)nc4c3ccn4C)cc2C(F)(F)F)C1. The number of alkyl halides is 3. The molecule has 0 N–H and O–H groups in total. The molecule has 0 unspecified atom stereocenters. The van der Waals surface area contributed by atoms with Crippen LogP contribution in [0.2, 0.25) is 0 Å². The number of carbonyl (C=O) groups excluding carboxylic acids is 1. The number of halogens is 3. The number of likely N-dealkylation sites (tertiary alicyclic amines) is 2. The highest BCUT2D eigenvalue weighted by Crippen LogP contribution is 2.38. The average molecular weight is 545 g/mol. The van der Waals surface area contributed by atoms with Crippen LogP contribution in [0.3, 0.4) is 0 Å². The molecule has 0 bridgehead atoms. The van der Waals surface area contributed by atoms with Crippen molar-refractivity contribution in [3.8, 4) is 23.2 Å². The zero-order valence-corrected chi connectivity index (χ0v) is 21.3. The van der Waals surface area contributed by atoms with E-state index in [4.69, 9.17) is 10.8 Å². The molecule has 2 atom stereocenters. The van der Waals surface area contributed by atoms with Gasteiger partial charge in [0, 0.05) is 44.9 Å². The van der Waals surface area contributed by atoms with Crippen molar-refractivity contribution in [2.45, 2.75) is 37.6 Å². The minimum absolute atomic E-state index is 0.00423. The van der Waals surface area contributed by atoms with Crippen LogP contribution in [0.4, 0.5) is 13.2 Å². The van der Waals surface area contributed by atoms with Crippen molar-refractivity contribution >= 4 is 16.9 Å². The second-order valence-electron chi connectivity index (χ2n) is 9.63. The molecule has 206 valence electrons. The molecule has 0 aliphatic carbocycles. The number of nitriles is 1. The van der Waals surface area contributed by atoms with Gasteiger partial charge in [-0.2, -0.15) is 18.4 Å². The molecule has 10 nitrogen and oxygen atoms in total. The highest BCUT2D eigenvalue weighted by molar-refractivity contribution is 5.91. The van der Waals surface area contributed by atoms with Crippen molar-refractivity contribution in [1.29, 1.82) is 5.26 Å². The highest BCUT2D eigenvalue weighted by atomic mass is 19.4. The predicted octanol–water partition coefficient (Wildman–Crippen LogP) is 3.01. The maximum Gasteiger partial charge on any atom is 0.421 e. The molecule has 5 heterocycles. The van der Waals surface area contributed by atoms with E-state index in [1.165, 1.54) is 6.20 Å². The number of carbonyl (C=O) groups is 1. The Hall–Kier alpha value is -3.76. The summed E-state index contributed by atoms with van der Waals surface area (Å²) in [5, 5.41) is 9.78. The van der Waals surface area contributed by atoms with Gasteiger partial charge < -0.3 is 18.9 Å². The largest absolute Gasteiger partial charge is 0.475 e. The molecular weight excluding hydrogens is 515 g/mol. The fourth-order valence-corrected chi connectivity index (χ4v) is 5.04. The third kappa shape index (κ3) is 5.53. The van der Waals surface area contributed by atoms with Crippen LogP contribution in [0.5, 0.6) is 5.88 Å². The van der Waals surface area contributed by atoms with Gasteiger partial charge in [0.05, 0.1) is 24.4 Å². The van der Waals surface area contributed by atoms with Gasteiger partial charge in [0.2, 0.25) is 17.6 Å². The topological polar surface area (TPSA) is 109 Å². The summed E-state index contributed by atoms with van der Waals surface area (Å²) in [5.41, 5.74) is -0.414. The van der Waals surface area contributed by atoms with Gasteiger partial charge in [0.15, 0.2) is 0 Å². The molecule has 0 saturated carbocycles. The maximum atomic E-state index is 14.0. The Labute approximate surface area is 224 Å². The van der Waals surface area contributed by atoms with Gasteiger partial charge in [-0.05, 0) is 45.0 Å². The second kappa shape index (κ2) is 10.8. The summed E-state index contributed by atoms with van der Waals surface area (Å²) in [6.45, 7) is 1.55. The number of ether oxygens (including phenoxy) is 2. The molecule has 3 aromatic rings. The first-order valence-electron chi connectivity index (χ1n) is 13.3. The lowest BCUT2D eigenvalue weighted by molar-refractivity contribution is -0.139. The summed E-state index contributed by atoms with van der Waals surface area (Å²) in [6, 6.07) is 4.15. The fourth-order valence-electron chi connectivity index (χ4n) is 5.04. The Bertz CT molecular complexity index is 1440. The number of hydrogen-bond donors (Lipinski definition) is 0. The molecule has 13 heteroatoms. The van der Waals surface area contributed by atoms with Crippen LogP contribution < -0.4 is 4.74 Å². The first-order valence-corrected chi connectivity index (χ1v) is 12.6. The number of fused-ring (bicyclic) bond motifs is 1. The average Bonchev–Trinajstić information content (AvgIpc) is 3.70. The Morgan fingerprint density at radius 2 is 2.13 bits per heavy atom. The molecule has 2 saturated heterocycles. The summed E-state index contributed by atoms with van der Waals surface area (Å²) in [4.78, 5) is 28.6. The van der Waals surface area contributed by atoms with Gasteiger partial charge in [0.1, 0.15) is 23.9 Å². The van der Waals surface area contributed by atoms with Gasteiger partial charge in [-0.1, -0.05) is 0 Å². The summed E-state index contributed by atoms with van der Waals surface area (Å²) in [5.74, 6) is -0.748. The molecule has 2 aliphatic heterocycles. The minimum atomic E-state index is -4.75. The molecule has 1 amide bonds. The lowest BCUT2D eigenvalue weighted by Gasteiger charge is -2.25. The van der Waals surface area contributed by atoms with E-state index in [1.54, 1.807) is 28.8 Å². The van der Waals surface area contributed by atoms with Crippen molar-refractivity contribution in [1.82, 2.24) is 29.3 Å². The molecule has 0 radical (unpaired) electrons. The summed E-state index contributed by atoms with van der Waals surface area (Å²) < 4.78 is 62.3. The van der Waals surface area contributed by atoms with Crippen LogP contribution in [0.15, 0.2) is 24.5 Å². The minimum Gasteiger partial charge on any atom is -0.475 e. The quantitative estimate of drug-likeness (QED) is 0.418. The number of amides is 1. The van der Waals surface area contributed by atoms with E-state index in [-0.39, 0.29) is 55.4 Å². The summed E-state index contributed by atoms with van der Waals surface area (Å²) in [6.07, 6.45) is 0.179. The number of nitrogens with zero attached hydrogens (tertiary/aromatic N) is 7. The van der Waals surface area contributed by atoms with E-state index in [0.29, 0.717) is 30.5 Å². The molecular formula is C26H28F3N7O3. The van der Waals surface area contributed by atoms with E-state index < -0.39 is 17.6 Å². The third-order valence-corrected chi connectivity index (χ3v) is 7.04. The van der Waals surface area contributed by atoms with Crippen LogP contribution >= 0.6 is 0 Å². The molecule has 0 spiro atoms. The van der Waals surface area contributed by atoms with E-state index in [0.717, 1.165) is 25.5 Å². The van der Waals surface area contributed by atoms with Crippen LogP contribution in [0.25, 0.3) is 22.3 Å². The number of hydrogen-bond acceptors (Lipinski definition) is 8. The predicted molar refractivity (Wildman–Crippen MR) is 134 cm³/mol. The van der Waals surface area contributed by atoms with Gasteiger partial charge in [-0.3, -0.25) is 9.69 Å². The zero-order valence-electron chi connectivity index (χ0n) is 22.3. The zero-order chi connectivity index (χ0) is 28.4. The van der Waals surface area contributed by atoms with Crippen LogP contribution in [0, 0.1) is 11.3 Å². The fraction of sp³-hybridized carbons (Fsp3) is 0.500. The Morgan fingerprint density at radius 1 is 1.28 bits per heavy atom. The van der Waals surface area contributed by atoms with Gasteiger partial charge in [-0.15, -0.1) is 0 Å². The summed E-state index contributed by atoms with van der Waals surface area (Å²) in [7, 11) is 1.80. The second-order valence-corrected chi connectivity index (χ2v) is 9.63. The standard InChI is InChI=1S/C26H28F3N7O3/c1-34-7-3-4-20(34)25(37)36-9-5-17(15-36)38-10-11-39-24-19(26(27,28)29)12-16(14-31-24)22-18-6-8-35(2)23(18)33-21(13-30)32-22/h6,8,12,14,17,20H,3-5,7,9-11,15H2,1-2H3/t17-,20+/m1/s1/i1D. The first kappa shape index (κ1) is 25.5. The van der Waals surface area contributed by atoms with Crippen molar-refractivity contribution < 1.29 is 28.8 Å². The van der Waals surface area contributed by atoms with E-state index in [2.05, 4.69) is 15.0 Å².